The van der Waals surface area contributed by atoms with E-state index in [-0.39, 0.29) is 68.9 Å². The third-order valence-corrected chi connectivity index (χ3v) is 6.14. The minimum Gasteiger partial charge on any atom is -0.744 e. The first-order chi connectivity index (χ1) is 10.6. The molecule has 3 rings (SSSR count). The molecular weight excluding hydrogens is 408 g/mol. The van der Waals surface area contributed by atoms with Crippen molar-refractivity contribution in [3.8, 4) is 0 Å². The van der Waals surface area contributed by atoms with E-state index in [1.165, 1.54) is 36.4 Å². The van der Waals surface area contributed by atoms with Crippen LogP contribution < -0.4 is 64.0 Å². The van der Waals surface area contributed by atoms with Crippen molar-refractivity contribution in [1.82, 2.24) is 0 Å². The van der Waals surface area contributed by atoms with Gasteiger partial charge in [0.1, 0.15) is 20.2 Å². The van der Waals surface area contributed by atoms with Gasteiger partial charge in [0.25, 0.3) is 0 Å². The molecule has 0 saturated heterocycles. The first kappa shape index (κ1) is 23.4. The zero-order valence-corrected chi connectivity index (χ0v) is 20.0. The van der Waals surface area contributed by atoms with Gasteiger partial charge < -0.3 is 14.0 Å². The predicted molar refractivity (Wildman–Crippen MR) is 81.0 cm³/mol. The fourth-order valence-electron chi connectivity index (χ4n) is 2.27. The van der Waals surface area contributed by atoms with Gasteiger partial charge in [0.05, 0.1) is 21.2 Å². The van der Waals surface area contributed by atoms with Crippen molar-refractivity contribution >= 4 is 43.4 Å². The first-order valence-corrected chi connectivity index (χ1v) is 9.82. The fourth-order valence-corrected chi connectivity index (χ4v) is 4.64. The molecule has 0 bridgehead atoms. The molecular formula is C13H9NNa2O6S3. The van der Waals surface area contributed by atoms with E-state index in [9.17, 15) is 25.9 Å². The molecule has 0 aromatic heterocycles. The summed E-state index contributed by atoms with van der Waals surface area (Å²) in [6, 6.07) is 7.93. The van der Waals surface area contributed by atoms with Gasteiger partial charge in [-0.05, 0) is 36.4 Å². The molecule has 0 atom stereocenters. The van der Waals surface area contributed by atoms with Crippen molar-refractivity contribution in [2.45, 2.75) is 19.6 Å². The van der Waals surface area contributed by atoms with Crippen LogP contribution in [0.1, 0.15) is 0 Å². The second-order valence-corrected chi connectivity index (χ2v) is 8.67. The summed E-state index contributed by atoms with van der Waals surface area (Å²) >= 11 is 1.10. The third-order valence-electron chi connectivity index (χ3n) is 3.38. The maximum absolute atomic E-state index is 11.1. The van der Waals surface area contributed by atoms with Gasteiger partial charge in [-0.2, -0.15) is 0 Å². The molecule has 2 aromatic rings. The van der Waals surface area contributed by atoms with E-state index in [1.807, 2.05) is 0 Å². The quantitative estimate of drug-likeness (QED) is 0.356. The fraction of sp³-hybridized carbons (Fsp3) is 0.0769. The molecule has 0 fully saturated rings. The Kier molecular flexibility index (Phi) is 7.68. The van der Waals surface area contributed by atoms with E-state index in [1.54, 1.807) is 11.9 Å². The molecule has 0 spiro atoms. The van der Waals surface area contributed by atoms with Gasteiger partial charge >= 0.3 is 59.1 Å². The van der Waals surface area contributed by atoms with Crippen LogP contribution in [0.2, 0.25) is 0 Å². The van der Waals surface area contributed by atoms with Gasteiger partial charge in [0.2, 0.25) is 0 Å². The number of fused-ring (bicyclic) bond motifs is 2. The van der Waals surface area contributed by atoms with E-state index < -0.39 is 20.2 Å². The molecule has 0 unspecified atom stereocenters. The Morgan fingerprint density at radius 1 is 0.800 bits per heavy atom. The molecule has 7 nitrogen and oxygen atoms in total. The van der Waals surface area contributed by atoms with Crippen molar-refractivity contribution in [1.29, 1.82) is 0 Å². The summed E-state index contributed by atoms with van der Waals surface area (Å²) in [4.78, 5) is 1.96. The van der Waals surface area contributed by atoms with Crippen molar-refractivity contribution in [2.75, 3.05) is 11.9 Å². The second-order valence-electron chi connectivity index (χ2n) is 4.83. The molecule has 0 radical (unpaired) electrons. The van der Waals surface area contributed by atoms with Gasteiger partial charge in [-0.25, -0.2) is 16.8 Å². The van der Waals surface area contributed by atoms with Gasteiger partial charge in [0.15, 0.2) is 0 Å². The minimum atomic E-state index is -4.59. The van der Waals surface area contributed by atoms with Crippen LogP contribution in [0.3, 0.4) is 0 Å². The summed E-state index contributed by atoms with van der Waals surface area (Å²) in [6.07, 6.45) is 0. The van der Waals surface area contributed by atoms with Crippen molar-refractivity contribution in [3.63, 3.8) is 0 Å². The van der Waals surface area contributed by atoms with E-state index in [2.05, 4.69) is 0 Å². The summed E-state index contributed by atoms with van der Waals surface area (Å²) in [5.41, 5.74) is 1.35. The molecule has 2 aromatic carbocycles. The summed E-state index contributed by atoms with van der Waals surface area (Å²) in [7, 11) is -7.46. The number of benzene rings is 2. The van der Waals surface area contributed by atoms with Crippen LogP contribution in [0, 0.1) is 0 Å². The Bertz CT molecular complexity index is 943. The molecule has 0 aliphatic carbocycles. The number of anilines is 2. The molecule has 1 aliphatic heterocycles. The van der Waals surface area contributed by atoms with Gasteiger partial charge in [-0.3, -0.25) is 0 Å². The van der Waals surface area contributed by atoms with Gasteiger partial charge in [0, 0.05) is 16.8 Å². The van der Waals surface area contributed by atoms with Gasteiger partial charge in [-0.15, -0.1) is 0 Å². The summed E-state index contributed by atoms with van der Waals surface area (Å²) in [6.45, 7) is 0. The molecule has 25 heavy (non-hydrogen) atoms. The SMILES string of the molecule is CN1c2ccc(S(=O)(=O)[O-])cc2Sc2cc(S(=O)(=O)[O-])ccc21.[Na+].[Na+]. The number of nitrogens with zero attached hydrogens (tertiary/aromatic N) is 1. The summed E-state index contributed by atoms with van der Waals surface area (Å²) in [5.74, 6) is 0. The number of hydrogen-bond acceptors (Lipinski definition) is 8. The average molecular weight is 417 g/mol. The largest absolute Gasteiger partial charge is 1.00 e. The maximum Gasteiger partial charge on any atom is 1.00 e. The summed E-state index contributed by atoms with van der Waals surface area (Å²) < 4.78 is 66.8. The zero-order valence-electron chi connectivity index (χ0n) is 13.6. The van der Waals surface area contributed by atoms with Gasteiger partial charge in [-0.1, -0.05) is 11.8 Å². The Morgan fingerprint density at radius 3 is 1.48 bits per heavy atom. The summed E-state index contributed by atoms with van der Waals surface area (Å²) in [5, 5.41) is 0. The molecule has 1 heterocycles. The Hall–Kier alpha value is 0.410. The number of rotatable bonds is 2. The van der Waals surface area contributed by atoms with E-state index >= 15 is 0 Å². The van der Waals surface area contributed by atoms with Crippen molar-refractivity contribution < 1.29 is 85.1 Å². The molecule has 1 aliphatic rings. The minimum absolute atomic E-state index is 0. The van der Waals surface area contributed by atoms with Crippen LogP contribution in [0.25, 0.3) is 0 Å². The molecule has 0 saturated carbocycles. The van der Waals surface area contributed by atoms with Crippen molar-refractivity contribution in [3.05, 3.63) is 36.4 Å². The Morgan fingerprint density at radius 2 is 1.16 bits per heavy atom. The zero-order chi connectivity index (χ0) is 17.0. The monoisotopic (exact) mass is 417 g/mol. The topological polar surface area (TPSA) is 118 Å². The molecule has 12 heteroatoms. The van der Waals surface area contributed by atoms with Crippen LogP contribution >= 0.6 is 11.8 Å². The average Bonchev–Trinajstić information content (AvgIpc) is 2.44. The standard InChI is InChI=1S/C13H11NO6S3.2Na/c1-14-10-4-2-8(22(15,16)17)6-12(10)21-13-7-9(23(18,19)20)3-5-11(13)14;;/h2-7H,1H3,(H,15,16,17)(H,18,19,20);;/q;2*+1/p-2. The number of hydrogen-bond donors (Lipinski definition) is 0. The Balaban J connectivity index is 0.00000156. The maximum atomic E-state index is 11.1. The second kappa shape index (κ2) is 8.19. The molecule has 122 valence electrons. The van der Waals surface area contributed by atoms with Crippen LogP contribution in [-0.4, -0.2) is 33.0 Å². The van der Waals surface area contributed by atoms with E-state index in [4.69, 9.17) is 0 Å². The smallest absolute Gasteiger partial charge is 0.744 e. The van der Waals surface area contributed by atoms with Crippen molar-refractivity contribution in [2.24, 2.45) is 0 Å². The Labute approximate surface area is 194 Å². The van der Waals surface area contributed by atoms with E-state index in [0.717, 1.165) is 11.8 Å². The predicted octanol–water partition coefficient (Wildman–Crippen LogP) is -4.26. The first-order valence-electron chi connectivity index (χ1n) is 6.19. The van der Waals surface area contributed by atoms with Crippen LogP contribution in [0.5, 0.6) is 0 Å². The normalized spacial score (nSPS) is 13.2. The molecule has 0 amide bonds. The van der Waals surface area contributed by atoms with E-state index in [0.29, 0.717) is 21.2 Å². The van der Waals surface area contributed by atoms with Crippen LogP contribution in [0.4, 0.5) is 11.4 Å². The third kappa shape index (κ3) is 4.82. The van der Waals surface area contributed by atoms with Crippen LogP contribution in [-0.2, 0) is 20.2 Å². The molecule has 0 N–H and O–H groups in total. The van der Waals surface area contributed by atoms with Crippen LogP contribution in [0.15, 0.2) is 56.0 Å².